The molecule has 0 saturated heterocycles. The minimum Gasteiger partial charge on any atom is -0.396 e. The molecule has 0 rings (SSSR count). The number of rotatable bonds is 7. The maximum absolute atomic E-state index is 9.88. The van der Waals surface area contributed by atoms with Gasteiger partial charge in [-0.3, -0.25) is 0 Å². The molecule has 4 heteroatoms. The molecule has 0 amide bonds. The highest BCUT2D eigenvalue weighted by Gasteiger charge is 2.29. The number of ether oxygens (including phenoxy) is 1. The molecule has 2 N–H and O–H groups in total. The molecule has 0 aliphatic carbocycles. The summed E-state index contributed by atoms with van der Waals surface area (Å²) in [5, 5.41) is 18.7. The lowest BCUT2D eigenvalue weighted by Gasteiger charge is -2.31. The molecule has 15 heavy (non-hydrogen) atoms. The van der Waals surface area contributed by atoms with Crippen LogP contribution in [0.1, 0.15) is 40.0 Å². The van der Waals surface area contributed by atoms with Crippen molar-refractivity contribution in [2.75, 3.05) is 13.7 Å². The van der Waals surface area contributed by atoms with E-state index in [-0.39, 0.29) is 17.0 Å². The molecule has 0 radical (unpaired) electrons. The fourth-order valence-corrected chi connectivity index (χ4v) is 1.69. The third-order valence-electron chi connectivity index (χ3n) is 2.87. The monoisotopic (exact) mass is 282 g/mol. The molecule has 0 aliphatic rings. The number of aliphatic hydroxyl groups excluding tert-OH is 1. The molecule has 0 aromatic carbocycles. The Labute approximate surface area is 101 Å². The van der Waals surface area contributed by atoms with Crippen LogP contribution in [-0.2, 0) is 4.74 Å². The normalized spacial score (nSPS) is 18.6. The molecule has 92 valence electrons. The number of alkyl halides is 1. The van der Waals surface area contributed by atoms with Gasteiger partial charge in [0.05, 0.1) is 11.2 Å². The predicted molar refractivity (Wildman–Crippen MR) is 65.4 cm³/mol. The molecule has 0 spiro atoms. The summed E-state index contributed by atoms with van der Waals surface area (Å²) in [6, 6.07) is 0. The average molecular weight is 283 g/mol. The van der Waals surface area contributed by atoms with Gasteiger partial charge in [-0.2, -0.15) is 0 Å². The van der Waals surface area contributed by atoms with E-state index in [9.17, 15) is 5.11 Å². The van der Waals surface area contributed by atoms with Crippen LogP contribution in [0.2, 0.25) is 0 Å². The first kappa shape index (κ1) is 15.4. The van der Waals surface area contributed by atoms with Crippen molar-refractivity contribution in [3.05, 3.63) is 0 Å². The third-order valence-corrected chi connectivity index (χ3v) is 4.43. The van der Waals surface area contributed by atoms with E-state index in [1.54, 1.807) is 14.0 Å². The van der Waals surface area contributed by atoms with E-state index < -0.39 is 5.60 Å². The molecule has 2 unspecified atom stereocenters. The van der Waals surface area contributed by atoms with E-state index >= 15 is 0 Å². The molecule has 0 aromatic heterocycles. The first-order valence-corrected chi connectivity index (χ1v) is 6.19. The second kappa shape index (κ2) is 6.18. The van der Waals surface area contributed by atoms with Crippen molar-refractivity contribution >= 4 is 15.9 Å². The summed E-state index contributed by atoms with van der Waals surface area (Å²) in [7, 11) is 1.68. The first-order chi connectivity index (χ1) is 6.75. The lowest BCUT2D eigenvalue weighted by molar-refractivity contribution is 0.000167. The van der Waals surface area contributed by atoms with E-state index in [1.165, 1.54) is 0 Å². The molecule has 0 aliphatic heterocycles. The molecule has 0 fully saturated rings. The molecule has 2 atom stereocenters. The Morgan fingerprint density at radius 2 is 1.80 bits per heavy atom. The number of halogens is 1. The van der Waals surface area contributed by atoms with Crippen LogP contribution in [0.5, 0.6) is 0 Å². The number of hydrogen-bond donors (Lipinski definition) is 2. The number of aliphatic hydroxyl groups is 2. The second-order valence-electron chi connectivity index (χ2n) is 4.78. The molecule has 0 heterocycles. The molecular weight excluding hydrogens is 260 g/mol. The van der Waals surface area contributed by atoms with Crippen LogP contribution in [0.15, 0.2) is 0 Å². The van der Waals surface area contributed by atoms with Gasteiger partial charge in [-0.15, -0.1) is 0 Å². The number of hydrogen-bond acceptors (Lipinski definition) is 3. The Kier molecular flexibility index (Phi) is 6.33. The average Bonchev–Trinajstić information content (AvgIpc) is 2.14. The van der Waals surface area contributed by atoms with Crippen LogP contribution in [0.3, 0.4) is 0 Å². The molecule has 0 saturated carbocycles. The van der Waals surface area contributed by atoms with Crippen molar-refractivity contribution in [2.24, 2.45) is 0 Å². The summed E-state index contributed by atoms with van der Waals surface area (Å²) in [4.78, 5) is 0.195. The van der Waals surface area contributed by atoms with E-state index in [0.29, 0.717) is 12.8 Å². The Hall–Kier alpha value is 0.360. The standard InChI is InChI=1S/C11H23BrO3/c1-10(2,15-4)9(12)5-6-11(3,14)7-8-13/h9,13-14H,5-8H2,1-4H3. The lowest BCUT2D eigenvalue weighted by atomic mass is 9.92. The van der Waals surface area contributed by atoms with Gasteiger partial charge in [0.25, 0.3) is 0 Å². The highest BCUT2D eigenvalue weighted by atomic mass is 79.9. The minimum atomic E-state index is -0.787. The van der Waals surface area contributed by atoms with E-state index in [4.69, 9.17) is 9.84 Å². The summed E-state index contributed by atoms with van der Waals surface area (Å²) < 4.78 is 5.35. The molecule has 0 aromatic rings. The van der Waals surface area contributed by atoms with Crippen molar-refractivity contribution in [1.82, 2.24) is 0 Å². The topological polar surface area (TPSA) is 49.7 Å². The van der Waals surface area contributed by atoms with Crippen LogP contribution < -0.4 is 0 Å². The fraction of sp³-hybridized carbons (Fsp3) is 1.00. The highest BCUT2D eigenvalue weighted by Crippen LogP contribution is 2.28. The predicted octanol–water partition coefficient (Wildman–Crippen LogP) is 2.09. The quantitative estimate of drug-likeness (QED) is 0.703. The lowest BCUT2D eigenvalue weighted by Crippen LogP contribution is -2.36. The van der Waals surface area contributed by atoms with Crippen molar-refractivity contribution in [3.8, 4) is 0 Å². The number of methoxy groups -OCH3 is 1. The Bertz CT molecular complexity index is 181. The zero-order valence-corrected chi connectivity index (χ0v) is 11.7. The van der Waals surface area contributed by atoms with E-state index in [1.807, 2.05) is 13.8 Å². The van der Waals surface area contributed by atoms with Crippen LogP contribution >= 0.6 is 15.9 Å². The van der Waals surface area contributed by atoms with Gasteiger partial charge in [0.15, 0.2) is 0 Å². The summed E-state index contributed by atoms with van der Waals surface area (Å²) in [5.74, 6) is 0. The smallest absolute Gasteiger partial charge is 0.0747 e. The van der Waals surface area contributed by atoms with Gasteiger partial charge in [-0.05, 0) is 40.0 Å². The summed E-state index contributed by atoms with van der Waals surface area (Å²) >= 11 is 3.56. The van der Waals surface area contributed by atoms with Crippen LogP contribution in [-0.4, -0.2) is 40.0 Å². The zero-order chi connectivity index (χ0) is 12.1. The Balaban J connectivity index is 4.05. The summed E-state index contributed by atoms with van der Waals surface area (Å²) in [5.41, 5.74) is -1.03. The first-order valence-electron chi connectivity index (χ1n) is 5.27. The fourth-order valence-electron chi connectivity index (χ4n) is 1.28. The van der Waals surface area contributed by atoms with Gasteiger partial charge in [-0.25, -0.2) is 0 Å². The van der Waals surface area contributed by atoms with Gasteiger partial charge >= 0.3 is 0 Å². The van der Waals surface area contributed by atoms with Gasteiger partial charge in [-0.1, -0.05) is 15.9 Å². The van der Waals surface area contributed by atoms with Crippen molar-refractivity contribution in [2.45, 2.75) is 56.1 Å². The van der Waals surface area contributed by atoms with Crippen LogP contribution in [0, 0.1) is 0 Å². The van der Waals surface area contributed by atoms with Gasteiger partial charge in [0.1, 0.15) is 0 Å². The second-order valence-corrected chi connectivity index (χ2v) is 5.89. The van der Waals surface area contributed by atoms with Crippen LogP contribution in [0.4, 0.5) is 0 Å². The minimum absolute atomic E-state index is 0.0215. The maximum Gasteiger partial charge on any atom is 0.0747 e. The molecule has 0 bridgehead atoms. The van der Waals surface area contributed by atoms with Crippen molar-refractivity contribution in [1.29, 1.82) is 0 Å². The molecular formula is C11H23BrO3. The SMILES string of the molecule is COC(C)(C)C(Br)CCC(C)(O)CCO. The third kappa shape index (κ3) is 5.85. The van der Waals surface area contributed by atoms with Gasteiger partial charge in [0, 0.05) is 18.5 Å². The highest BCUT2D eigenvalue weighted by molar-refractivity contribution is 9.09. The zero-order valence-electron chi connectivity index (χ0n) is 10.1. The Morgan fingerprint density at radius 3 is 2.20 bits per heavy atom. The maximum atomic E-state index is 9.88. The van der Waals surface area contributed by atoms with Crippen LogP contribution in [0.25, 0.3) is 0 Å². The van der Waals surface area contributed by atoms with Crippen molar-refractivity contribution in [3.63, 3.8) is 0 Å². The van der Waals surface area contributed by atoms with Crippen molar-refractivity contribution < 1.29 is 14.9 Å². The van der Waals surface area contributed by atoms with Gasteiger partial charge < -0.3 is 14.9 Å². The van der Waals surface area contributed by atoms with E-state index in [0.717, 1.165) is 6.42 Å². The summed E-state index contributed by atoms with van der Waals surface area (Å²) in [6.45, 7) is 5.79. The van der Waals surface area contributed by atoms with Gasteiger partial charge in [0.2, 0.25) is 0 Å². The summed E-state index contributed by atoms with van der Waals surface area (Å²) in [6.07, 6.45) is 1.88. The Morgan fingerprint density at radius 1 is 1.27 bits per heavy atom. The molecule has 3 nitrogen and oxygen atoms in total. The van der Waals surface area contributed by atoms with E-state index in [2.05, 4.69) is 15.9 Å². The largest absolute Gasteiger partial charge is 0.396 e.